The fraction of sp³-hybridized carbons (Fsp3) is 0.440. The third kappa shape index (κ3) is 4.90. The molecule has 3 fully saturated rings. The molecule has 6 rings (SSSR count). The number of carboxylic acid groups (broad SMARTS) is 1. The van der Waals surface area contributed by atoms with Crippen LogP contribution in [0.3, 0.4) is 0 Å². The summed E-state index contributed by atoms with van der Waals surface area (Å²) in [5.74, 6) is -0.220. The Morgan fingerprint density at radius 1 is 1.03 bits per heavy atom. The van der Waals surface area contributed by atoms with Gasteiger partial charge in [0, 0.05) is 20.0 Å². The van der Waals surface area contributed by atoms with Gasteiger partial charge in [-0.2, -0.15) is 0 Å². The average Bonchev–Trinajstić information content (AvgIpc) is 2.79. The summed E-state index contributed by atoms with van der Waals surface area (Å²) < 4.78 is 6.30. The van der Waals surface area contributed by atoms with E-state index in [-0.39, 0.29) is 12.1 Å². The molecule has 0 spiro atoms. The minimum absolute atomic E-state index is 0.0599. The molecule has 0 aromatic heterocycles. The third-order valence-corrected chi connectivity index (χ3v) is 6.52. The number of ether oxygens (including phenoxy) is 1. The highest BCUT2D eigenvalue weighted by molar-refractivity contribution is 5.72. The van der Waals surface area contributed by atoms with Crippen LogP contribution in [0.15, 0.2) is 54.6 Å². The number of fused-ring (bicyclic) bond motifs is 4. The van der Waals surface area contributed by atoms with Gasteiger partial charge in [-0.05, 0) is 55.0 Å². The van der Waals surface area contributed by atoms with Crippen molar-refractivity contribution in [2.75, 3.05) is 26.2 Å². The average molecular weight is 422 g/mol. The number of piperidine rings is 3. The number of carboxylic acids is 1. The summed E-state index contributed by atoms with van der Waals surface area (Å²) in [6.07, 6.45) is 3.56. The van der Waals surface area contributed by atoms with Gasteiger partial charge in [0.25, 0.3) is 12.0 Å². The first-order valence-corrected chi connectivity index (χ1v) is 11.1. The van der Waals surface area contributed by atoms with E-state index in [1.165, 1.54) is 42.6 Å². The molecule has 164 valence electrons. The maximum atomic E-state index is 9.00. The molecule has 2 aromatic rings. The molecule has 0 aliphatic carbocycles. The lowest BCUT2D eigenvalue weighted by Crippen LogP contribution is -2.53. The number of amidine groups is 1. The minimum Gasteiger partial charge on any atom is -0.481 e. The Bertz CT molecular complexity index is 905. The molecule has 3 saturated heterocycles. The Kier molecular flexibility index (Phi) is 6.56. The molecular formula is C25H31N3O3. The molecule has 0 amide bonds. The van der Waals surface area contributed by atoms with Crippen LogP contribution in [-0.4, -0.2) is 59.2 Å². The number of rotatable bonds is 2. The van der Waals surface area contributed by atoms with E-state index in [1.54, 1.807) is 0 Å². The Morgan fingerprint density at radius 2 is 1.68 bits per heavy atom. The van der Waals surface area contributed by atoms with E-state index in [1.807, 2.05) is 0 Å². The highest BCUT2D eigenvalue weighted by atomic mass is 16.5. The highest BCUT2D eigenvalue weighted by Crippen LogP contribution is 2.36. The summed E-state index contributed by atoms with van der Waals surface area (Å²) in [6, 6.07) is 19.6. The molecule has 4 aliphatic heterocycles. The van der Waals surface area contributed by atoms with Gasteiger partial charge in [0.15, 0.2) is 0 Å². The van der Waals surface area contributed by atoms with Crippen LogP contribution in [0.25, 0.3) is 0 Å². The van der Waals surface area contributed by atoms with Crippen LogP contribution >= 0.6 is 0 Å². The third-order valence-electron chi connectivity index (χ3n) is 6.52. The predicted octanol–water partition coefficient (Wildman–Crippen LogP) is 3.77. The summed E-state index contributed by atoms with van der Waals surface area (Å²) in [6.45, 7) is 5.28. The van der Waals surface area contributed by atoms with Crippen molar-refractivity contribution < 1.29 is 14.6 Å². The molecule has 2 unspecified atom stereocenters. The summed E-state index contributed by atoms with van der Waals surface area (Å²) >= 11 is 0. The fourth-order valence-electron chi connectivity index (χ4n) is 5.04. The lowest BCUT2D eigenvalue weighted by molar-refractivity contribution is -0.134. The summed E-state index contributed by atoms with van der Waals surface area (Å²) in [7, 11) is 0. The van der Waals surface area contributed by atoms with Gasteiger partial charge in [-0.25, -0.2) is 0 Å². The second-order valence-electron chi connectivity index (χ2n) is 8.57. The standard InChI is InChI=1S/C23H27N3O.C2H4O2/c24-23(27-21-16-25-13-10-18(21)11-14-25)26-15-12-17-6-4-5-9-20(17)22(26)19-7-2-1-3-8-19;1-2(3)4/h1-9,18,21-22,24H,10-16H2;1H3,(H,3,4). The summed E-state index contributed by atoms with van der Waals surface area (Å²) in [5, 5.41) is 16.2. The first kappa shape index (κ1) is 21.4. The van der Waals surface area contributed by atoms with Gasteiger partial charge < -0.3 is 14.7 Å². The van der Waals surface area contributed by atoms with Crippen LogP contribution in [0, 0.1) is 11.3 Å². The number of carbonyl (C=O) groups is 1. The van der Waals surface area contributed by atoms with Crippen molar-refractivity contribution in [2.24, 2.45) is 5.92 Å². The predicted molar refractivity (Wildman–Crippen MR) is 120 cm³/mol. The normalized spacial score (nSPS) is 26.3. The molecule has 2 aromatic carbocycles. The van der Waals surface area contributed by atoms with Crippen molar-refractivity contribution in [2.45, 2.75) is 38.3 Å². The molecule has 4 heterocycles. The lowest BCUT2D eigenvalue weighted by Gasteiger charge is -2.46. The smallest absolute Gasteiger partial charge is 0.300 e. The molecule has 0 saturated carbocycles. The van der Waals surface area contributed by atoms with Crippen molar-refractivity contribution in [1.29, 1.82) is 5.41 Å². The van der Waals surface area contributed by atoms with Crippen molar-refractivity contribution in [3.63, 3.8) is 0 Å². The first-order valence-electron chi connectivity index (χ1n) is 11.1. The van der Waals surface area contributed by atoms with E-state index in [0.29, 0.717) is 11.9 Å². The van der Waals surface area contributed by atoms with Crippen molar-refractivity contribution in [3.8, 4) is 0 Å². The number of nitrogens with zero attached hydrogens (tertiary/aromatic N) is 2. The summed E-state index contributed by atoms with van der Waals surface area (Å²) in [4.78, 5) is 13.6. The van der Waals surface area contributed by atoms with E-state index in [2.05, 4.69) is 64.4 Å². The zero-order valence-corrected chi connectivity index (χ0v) is 18.0. The number of hydrogen-bond acceptors (Lipinski definition) is 4. The Balaban J connectivity index is 0.000000535. The Hall–Kier alpha value is -2.86. The van der Waals surface area contributed by atoms with E-state index >= 15 is 0 Å². The zero-order chi connectivity index (χ0) is 21.8. The first-order chi connectivity index (χ1) is 15.0. The quantitative estimate of drug-likeness (QED) is 0.570. The lowest BCUT2D eigenvalue weighted by atomic mass is 9.86. The van der Waals surface area contributed by atoms with Crippen LogP contribution in [-0.2, 0) is 16.0 Å². The molecule has 0 radical (unpaired) electrons. The molecule has 31 heavy (non-hydrogen) atoms. The van der Waals surface area contributed by atoms with Gasteiger partial charge in [0.2, 0.25) is 0 Å². The molecule has 4 aliphatic rings. The van der Waals surface area contributed by atoms with Gasteiger partial charge in [-0.1, -0.05) is 54.6 Å². The molecule has 6 heteroatoms. The van der Waals surface area contributed by atoms with E-state index in [4.69, 9.17) is 20.0 Å². The van der Waals surface area contributed by atoms with Crippen molar-refractivity contribution >= 4 is 12.0 Å². The van der Waals surface area contributed by atoms with E-state index in [9.17, 15) is 0 Å². The zero-order valence-electron chi connectivity index (χ0n) is 18.0. The second-order valence-corrected chi connectivity index (χ2v) is 8.57. The Morgan fingerprint density at radius 3 is 2.32 bits per heavy atom. The van der Waals surface area contributed by atoms with Crippen molar-refractivity contribution in [3.05, 3.63) is 71.3 Å². The van der Waals surface area contributed by atoms with Gasteiger partial charge >= 0.3 is 0 Å². The van der Waals surface area contributed by atoms with Gasteiger partial charge in [-0.3, -0.25) is 15.1 Å². The molecular weight excluding hydrogens is 390 g/mol. The monoisotopic (exact) mass is 421 g/mol. The van der Waals surface area contributed by atoms with Crippen molar-refractivity contribution in [1.82, 2.24) is 9.80 Å². The van der Waals surface area contributed by atoms with Gasteiger partial charge in [0.1, 0.15) is 6.10 Å². The minimum atomic E-state index is -0.833. The van der Waals surface area contributed by atoms with Crippen LogP contribution < -0.4 is 0 Å². The molecule has 2 bridgehead atoms. The Labute approximate surface area is 183 Å². The van der Waals surface area contributed by atoms with Crippen LogP contribution in [0.4, 0.5) is 0 Å². The fourth-order valence-corrected chi connectivity index (χ4v) is 5.04. The number of aliphatic carboxylic acids is 1. The number of benzene rings is 2. The van der Waals surface area contributed by atoms with Crippen LogP contribution in [0.2, 0.25) is 0 Å². The second kappa shape index (κ2) is 9.52. The van der Waals surface area contributed by atoms with E-state index in [0.717, 1.165) is 26.4 Å². The number of nitrogens with one attached hydrogen (secondary N) is 1. The maximum absolute atomic E-state index is 9.00. The molecule has 2 N–H and O–H groups in total. The SMILES string of the molecule is CC(=O)O.N=C(OC1CN2CCC1CC2)N1CCc2ccccc2C1c1ccccc1. The highest BCUT2D eigenvalue weighted by Gasteiger charge is 2.38. The topological polar surface area (TPSA) is 76.9 Å². The van der Waals surface area contributed by atoms with Gasteiger partial charge in [-0.15, -0.1) is 0 Å². The molecule has 6 nitrogen and oxygen atoms in total. The number of hydrogen-bond donors (Lipinski definition) is 2. The summed E-state index contributed by atoms with van der Waals surface area (Å²) in [5.41, 5.74) is 3.92. The van der Waals surface area contributed by atoms with Crippen LogP contribution in [0.1, 0.15) is 42.5 Å². The molecule has 2 atom stereocenters. The van der Waals surface area contributed by atoms with Gasteiger partial charge in [0.05, 0.1) is 6.04 Å². The maximum Gasteiger partial charge on any atom is 0.300 e. The largest absolute Gasteiger partial charge is 0.481 e. The van der Waals surface area contributed by atoms with Crippen LogP contribution in [0.5, 0.6) is 0 Å². The van der Waals surface area contributed by atoms with E-state index < -0.39 is 5.97 Å².